The lowest BCUT2D eigenvalue weighted by molar-refractivity contribution is -0.134. The molecule has 1 aromatic carbocycles. The molecule has 2 aliphatic rings. The predicted molar refractivity (Wildman–Crippen MR) is 111 cm³/mol. The Hall–Kier alpha value is -1.70. The molecule has 2 aliphatic carbocycles. The van der Waals surface area contributed by atoms with Crippen LogP contribution in [0.15, 0.2) is 42.2 Å². The van der Waals surface area contributed by atoms with Gasteiger partial charge in [0.05, 0.1) is 18.5 Å². The first kappa shape index (κ1) is 22.0. The minimum atomic E-state index is -1.32. The number of aliphatic hydroxyl groups is 2. The second kappa shape index (κ2) is 10.4. The number of rotatable bonds is 10. The number of hydrogen-bond acceptors (Lipinski definition) is 5. The van der Waals surface area contributed by atoms with E-state index >= 15 is 0 Å². The van der Waals surface area contributed by atoms with Crippen LogP contribution < -0.4 is 4.74 Å². The van der Waals surface area contributed by atoms with Crippen molar-refractivity contribution in [3.05, 3.63) is 42.2 Å². The zero-order chi connectivity index (χ0) is 20.8. The van der Waals surface area contributed by atoms with Crippen LogP contribution in [0.5, 0.6) is 5.75 Å². The van der Waals surface area contributed by atoms with Gasteiger partial charge in [0, 0.05) is 12.3 Å². The van der Waals surface area contributed by atoms with Crippen molar-refractivity contribution in [2.45, 2.75) is 38.2 Å². The van der Waals surface area contributed by atoms with Gasteiger partial charge in [0.25, 0.3) is 0 Å². The highest BCUT2D eigenvalue weighted by molar-refractivity contribution is 7.92. The molecule has 1 aromatic rings. The van der Waals surface area contributed by atoms with Crippen molar-refractivity contribution >= 4 is 17.1 Å². The Kier molecular flexibility index (Phi) is 7.86. The first-order chi connectivity index (χ1) is 13.9. The minimum absolute atomic E-state index is 0.231. The lowest BCUT2D eigenvalue weighted by atomic mass is 9.88. The minimum Gasteiger partial charge on any atom is -0.616 e. The second-order valence-corrected chi connectivity index (χ2v) is 9.72. The molecule has 0 heterocycles. The molecule has 7 heteroatoms. The number of aliphatic carboxylic acids is 1. The highest BCUT2D eigenvalue weighted by atomic mass is 32.2. The summed E-state index contributed by atoms with van der Waals surface area (Å²) < 4.78 is 17.4. The standard InChI is InChI=1S/C22H30O6S/c23-19(7-4-9-28-17-5-2-1-3-6-17)22-18-12-15(11-16(18)13-20(22)24)8-10-29(27)14-21(25)26/h1-3,5-7,15-16,18,20,22-24H,4,8-14H2,(H,25,26)/t15-,16-,18-,20-,22+,29?/m1/s1. The fourth-order valence-electron chi connectivity index (χ4n) is 4.93. The molecule has 6 nitrogen and oxygen atoms in total. The molecule has 160 valence electrons. The average molecular weight is 423 g/mol. The molecule has 2 saturated carbocycles. The topological polar surface area (TPSA) is 110 Å². The molecule has 0 aromatic heterocycles. The van der Waals surface area contributed by atoms with Gasteiger partial charge in [0.2, 0.25) is 5.75 Å². The Bertz CT molecular complexity index is 694. The second-order valence-electron chi connectivity index (χ2n) is 8.14. The summed E-state index contributed by atoms with van der Waals surface area (Å²) >= 11 is -1.32. The van der Waals surface area contributed by atoms with E-state index in [1.807, 2.05) is 30.3 Å². The van der Waals surface area contributed by atoms with Gasteiger partial charge in [-0.1, -0.05) is 18.2 Å². The maximum Gasteiger partial charge on any atom is 0.353 e. The summed E-state index contributed by atoms with van der Waals surface area (Å²) in [5.41, 5.74) is 0. The quantitative estimate of drug-likeness (QED) is 0.304. The van der Waals surface area contributed by atoms with E-state index in [1.54, 1.807) is 6.08 Å². The van der Waals surface area contributed by atoms with Crippen LogP contribution in [0, 0.1) is 23.7 Å². The largest absolute Gasteiger partial charge is 0.616 e. The molecule has 2 fully saturated rings. The number of ether oxygens (including phenoxy) is 1. The van der Waals surface area contributed by atoms with E-state index in [0.717, 1.165) is 25.0 Å². The maximum atomic E-state index is 11.8. The van der Waals surface area contributed by atoms with Crippen LogP contribution in [0.4, 0.5) is 0 Å². The van der Waals surface area contributed by atoms with Gasteiger partial charge in [-0.15, -0.1) is 0 Å². The number of para-hydroxylation sites is 1. The van der Waals surface area contributed by atoms with Crippen molar-refractivity contribution in [2.75, 3.05) is 18.1 Å². The normalized spacial score (nSPS) is 30.1. The number of aliphatic hydroxyl groups excluding tert-OH is 2. The summed E-state index contributed by atoms with van der Waals surface area (Å²) in [4.78, 5) is 10.6. The summed E-state index contributed by atoms with van der Waals surface area (Å²) in [6.07, 6.45) is 5.06. The van der Waals surface area contributed by atoms with E-state index in [-0.39, 0.29) is 23.3 Å². The third kappa shape index (κ3) is 6.14. The predicted octanol–water partition coefficient (Wildman–Crippen LogP) is 3.14. The zero-order valence-corrected chi connectivity index (χ0v) is 17.3. The van der Waals surface area contributed by atoms with E-state index in [9.17, 15) is 19.6 Å². The van der Waals surface area contributed by atoms with Crippen LogP contribution in [-0.4, -0.2) is 50.1 Å². The lowest BCUT2D eigenvalue weighted by Crippen LogP contribution is -2.23. The summed E-state index contributed by atoms with van der Waals surface area (Å²) in [6, 6.07) is 9.51. The Labute approximate surface area is 174 Å². The molecule has 3 rings (SSSR count). The highest BCUT2D eigenvalue weighted by Gasteiger charge is 2.49. The van der Waals surface area contributed by atoms with Gasteiger partial charge in [-0.2, -0.15) is 0 Å². The summed E-state index contributed by atoms with van der Waals surface area (Å²) in [5.74, 6) is 0.854. The van der Waals surface area contributed by atoms with Gasteiger partial charge < -0.3 is 24.6 Å². The number of carboxylic acid groups (broad SMARTS) is 1. The van der Waals surface area contributed by atoms with Gasteiger partial charge in [-0.3, -0.25) is 0 Å². The Morgan fingerprint density at radius 2 is 1.97 bits per heavy atom. The Balaban J connectivity index is 1.47. The van der Waals surface area contributed by atoms with E-state index in [1.165, 1.54) is 0 Å². The third-order valence-electron chi connectivity index (χ3n) is 6.13. The molecule has 0 spiro atoms. The number of carbonyl (C=O) groups is 1. The van der Waals surface area contributed by atoms with Crippen LogP contribution >= 0.6 is 0 Å². The van der Waals surface area contributed by atoms with Crippen LogP contribution in [-0.2, 0) is 16.0 Å². The van der Waals surface area contributed by atoms with Gasteiger partial charge >= 0.3 is 5.97 Å². The molecule has 29 heavy (non-hydrogen) atoms. The molecule has 0 bridgehead atoms. The van der Waals surface area contributed by atoms with Crippen molar-refractivity contribution < 1.29 is 29.4 Å². The summed E-state index contributed by atoms with van der Waals surface area (Å²) in [5, 5.41) is 29.8. The van der Waals surface area contributed by atoms with Crippen LogP contribution in [0.1, 0.15) is 32.1 Å². The van der Waals surface area contributed by atoms with E-state index in [2.05, 4.69) is 0 Å². The van der Waals surface area contributed by atoms with Gasteiger partial charge in [0.15, 0.2) is 0 Å². The summed E-state index contributed by atoms with van der Waals surface area (Å²) in [6.45, 7) is 0.461. The van der Waals surface area contributed by atoms with Crippen molar-refractivity contribution in [2.24, 2.45) is 23.7 Å². The molecule has 3 N–H and O–H groups in total. The molecular formula is C22H30O6S. The van der Waals surface area contributed by atoms with Crippen molar-refractivity contribution in [3.8, 4) is 5.75 Å². The Morgan fingerprint density at radius 3 is 2.69 bits per heavy atom. The number of hydrogen-bond donors (Lipinski definition) is 3. The SMILES string of the molecule is O=C(O)C[S+]([O-])CC[C@@H]1C[C@@H]2C[C@@H](O)[C@H](C(O)=CCCOc3ccccc3)[C@@H]2C1. The fourth-order valence-corrected chi connectivity index (χ4v) is 5.94. The molecule has 6 atom stereocenters. The lowest BCUT2D eigenvalue weighted by Gasteiger charge is -2.22. The molecule has 0 amide bonds. The number of fused-ring (bicyclic) bond motifs is 1. The van der Waals surface area contributed by atoms with Crippen LogP contribution in [0.2, 0.25) is 0 Å². The van der Waals surface area contributed by atoms with Crippen LogP contribution in [0.25, 0.3) is 0 Å². The van der Waals surface area contributed by atoms with E-state index in [4.69, 9.17) is 9.84 Å². The van der Waals surface area contributed by atoms with Gasteiger partial charge in [-0.05, 0) is 72.8 Å². The fraction of sp³-hybridized carbons (Fsp3) is 0.591. The smallest absolute Gasteiger partial charge is 0.353 e. The van der Waals surface area contributed by atoms with Crippen LogP contribution in [0.3, 0.4) is 0 Å². The zero-order valence-electron chi connectivity index (χ0n) is 16.5. The van der Waals surface area contributed by atoms with Crippen molar-refractivity contribution in [1.29, 1.82) is 0 Å². The Morgan fingerprint density at radius 1 is 1.21 bits per heavy atom. The third-order valence-corrected chi connectivity index (χ3v) is 7.39. The molecule has 0 aliphatic heterocycles. The van der Waals surface area contributed by atoms with Gasteiger partial charge in [-0.25, -0.2) is 4.79 Å². The van der Waals surface area contributed by atoms with Crippen molar-refractivity contribution in [3.63, 3.8) is 0 Å². The first-order valence-electron chi connectivity index (χ1n) is 10.3. The number of carboxylic acids is 1. The molecule has 0 radical (unpaired) electrons. The summed E-state index contributed by atoms with van der Waals surface area (Å²) in [7, 11) is 0. The maximum absolute atomic E-state index is 11.8. The monoisotopic (exact) mass is 422 g/mol. The highest BCUT2D eigenvalue weighted by Crippen LogP contribution is 2.52. The van der Waals surface area contributed by atoms with Crippen molar-refractivity contribution in [1.82, 2.24) is 0 Å². The molecular weight excluding hydrogens is 392 g/mol. The molecule has 0 saturated heterocycles. The average Bonchev–Trinajstić information content (AvgIpc) is 3.19. The van der Waals surface area contributed by atoms with E-state index in [0.29, 0.717) is 37.0 Å². The number of benzene rings is 1. The molecule has 1 unspecified atom stereocenters. The van der Waals surface area contributed by atoms with E-state index < -0.39 is 23.2 Å². The van der Waals surface area contributed by atoms with Gasteiger partial charge in [0.1, 0.15) is 11.5 Å². The first-order valence-corrected chi connectivity index (χ1v) is 11.7.